The lowest BCUT2D eigenvalue weighted by atomic mass is 10.2. The predicted octanol–water partition coefficient (Wildman–Crippen LogP) is 3.49. The molecule has 0 saturated heterocycles. The first-order chi connectivity index (χ1) is 11.5. The molecule has 7 heteroatoms. The van der Waals surface area contributed by atoms with Gasteiger partial charge in [-0.05, 0) is 47.7 Å². The fraction of sp³-hybridized carbons (Fsp3) is 0. The number of carbonyl (C=O) groups is 2. The van der Waals surface area contributed by atoms with Gasteiger partial charge in [0.1, 0.15) is 5.75 Å². The molecule has 0 spiro atoms. The van der Waals surface area contributed by atoms with E-state index in [2.05, 4.69) is 4.99 Å². The highest BCUT2D eigenvalue weighted by Gasteiger charge is 2.19. The number of amidine groups is 1. The van der Waals surface area contributed by atoms with Crippen LogP contribution in [0, 0.1) is 0 Å². The fourth-order valence-corrected chi connectivity index (χ4v) is 2.89. The first kappa shape index (κ1) is 16.3. The molecule has 24 heavy (non-hydrogen) atoms. The molecule has 120 valence electrons. The van der Waals surface area contributed by atoms with Gasteiger partial charge < -0.3 is 10.5 Å². The summed E-state index contributed by atoms with van der Waals surface area (Å²) in [5.41, 5.74) is 6.57. The summed E-state index contributed by atoms with van der Waals surface area (Å²) in [6.45, 7) is 0. The molecule has 2 N–H and O–H groups in total. The van der Waals surface area contributed by atoms with Crippen LogP contribution in [0.4, 0.5) is 0 Å². The minimum absolute atomic E-state index is 0.233. The average Bonchev–Trinajstić information content (AvgIpc) is 2.87. The summed E-state index contributed by atoms with van der Waals surface area (Å²) in [6, 6.07) is 13.4. The molecule has 1 aliphatic rings. The van der Waals surface area contributed by atoms with E-state index in [9.17, 15) is 9.59 Å². The van der Waals surface area contributed by atoms with Gasteiger partial charge in [0.2, 0.25) is 0 Å². The third kappa shape index (κ3) is 3.67. The lowest BCUT2D eigenvalue weighted by molar-refractivity contribution is -0.113. The number of hydrogen-bond acceptors (Lipinski definition) is 5. The van der Waals surface area contributed by atoms with E-state index in [0.717, 1.165) is 17.3 Å². The van der Waals surface area contributed by atoms with Crippen molar-refractivity contribution in [3.63, 3.8) is 0 Å². The predicted molar refractivity (Wildman–Crippen MR) is 95.0 cm³/mol. The molecule has 2 aromatic carbocycles. The topological polar surface area (TPSA) is 81.8 Å². The molecule has 0 saturated carbocycles. The van der Waals surface area contributed by atoms with E-state index in [0.29, 0.717) is 21.2 Å². The van der Waals surface area contributed by atoms with E-state index in [1.807, 2.05) is 0 Å². The van der Waals surface area contributed by atoms with Crippen molar-refractivity contribution in [1.29, 1.82) is 0 Å². The molecule has 0 unspecified atom stereocenters. The first-order valence-electron chi connectivity index (χ1n) is 6.88. The van der Waals surface area contributed by atoms with Crippen molar-refractivity contribution < 1.29 is 14.3 Å². The Morgan fingerprint density at radius 1 is 1.17 bits per heavy atom. The van der Waals surface area contributed by atoms with Gasteiger partial charge in [-0.1, -0.05) is 35.9 Å². The van der Waals surface area contributed by atoms with Crippen molar-refractivity contribution in [2.75, 3.05) is 0 Å². The zero-order valence-electron chi connectivity index (χ0n) is 12.2. The molecule has 0 bridgehead atoms. The van der Waals surface area contributed by atoms with Crippen molar-refractivity contribution in [2.45, 2.75) is 0 Å². The van der Waals surface area contributed by atoms with E-state index in [4.69, 9.17) is 22.1 Å². The number of ether oxygens (including phenoxy) is 1. The van der Waals surface area contributed by atoms with Crippen LogP contribution >= 0.6 is 23.4 Å². The maximum Gasteiger partial charge on any atom is 0.345 e. The molecule has 3 rings (SSSR count). The lowest BCUT2D eigenvalue weighted by Gasteiger charge is -2.06. The Labute approximate surface area is 147 Å². The van der Waals surface area contributed by atoms with Crippen LogP contribution in [0.5, 0.6) is 5.75 Å². The summed E-state index contributed by atoms with van der Waals surface area (Å²) in [5.74, 6) is -0.510. The highest BCUT2D eigenvalue weighted by molar-refractivity contribution is 8.18. The van der Waals surface area contributed by atoms with Crippen molar-refractivity contribution >= 4 is 46.5 Å². The second-order valence-electron chi connectivity index (χ2n) is 4.80. The molecule has 0 aliphatic carbocycles. The summed E-state index contributed by atoms with van der Waals surface area (Å²) in [4.78, 5) is 27.7. The normalized spacial score (nSPS) is 15.5. The number of aliphatic imine (C=N–C) groups is 1. The van der Waals surface area contributed by atoms with Gasteiger partial charge in [-0.3, -0.25) is 4.79 Å². The van der Waals surface area contributed by atoms with Gasteiger partial charge in [0.25, 0.3) is 5.91 Å². The van der Waals surface area contributed by atoms with E-state index >= 15 is 0 Å². The number of amides is 1. The number of nitrogens with zero attached hydrogens (tertiary/aromatic N) is 1. The van der Waals surface area contributed by atoms with Gasteiger partial charge >= 0.3 is 5.97 Å². The van der Waals surface area contributed by atoms with Gasteiger partial charge in [-0.25, -0.2) is 4.79 Å². The standard InChI is InChI=1S/C17H11ClN2O3S/c18-13-4-2-1-3-12(13)16(22)23-11-7-5-10(6-8-11)9-14-15(21)20-17(19)24-14/h1-9H,(H2,19,20,21)/b14-9+. The van der Waals surface area contributed by atoms with Gasteiger partial charge in [-0.2, -0.15) is 4.99 Å². The zero-order valence-corrected chi connectivity index (χ0v) is 13.8. The SMILES string of the molecule is NC1=NC(=O)/C(=C\c2ccc(OC(=O)c3ccccc3Cl)cc2)S1. The Morgan fingerprint density at radius 3 is 2.50 bits per heavy atom. The van der Waals surface area contributed by atoms with Crippen LogP contribution < -0.4 is 10.5 Å². The number of carbonyl (C=O) groups excluding carboxylic acids is 2. The zero-order chi connectivity index (χ0) is 17.1. The number of rotatable bonds is 3. The van der Waals surface area contributed by atoms with Crippen molar-refractivity contribution in [2.24, 2.45) is 10.7 Å². The fourth-order valence-electron chi connectivity index (χ4n) is 2.00. The van der Waals surface area contributed by atoms with Gasteiger partial charge in [-0.15, -0.1) is 0 Å². The number of hydrogen-bond donors (Lipinski definition) is 1. The Balaban J connectivity index is 1.72. The molecular weight excluding hydrogens is 348 g/mol. The molecule has 0 aromatic heterocycles. The first-order valence-corrected chi connectivity index (χ1v) is 8.07. The van der Waals surface area contributed by atoms with Crippen LogP contribution in [0.15, 0.2) is 58.4 Å². The number of halogens is 1. The summed E-state index contributed by atoms with van der Waals surface area (Å²) < 4.78 is 5.29. The monoisotopic (exact) mass is 358 g/mol. The molecule has 1 heterocycles. The minimum Gasteiger partial charge on any atom is -0.423 e. The van der Waals surface area contributed by atoms with Crippen LogP contribution in [-0.4, -0.2) is 17.0 Å². The Kier molecular flexibility index (Phi) is 4.69. The quantitative estimate of drug-likeness (QED) is 0.516. The molecule has 0 fully saturated rings. The summed E-state index contributed by atoms with van der Waals surface area (Å²) in [7, 11) is 0. The van der Waals surface area contributed by atoms with Crippen LogP contribution in [0.3, 0.4) is 0 Å². The molecular formula is C17H11ClN2O3S. The minimum atomic E-state index is -0.533. The molecule has 0 atom stereocenters. The Hall–Kier alpha value is -2.57. The molecule has 5 nitrogen and oxygen atoms in total. The lowest BCUT2D eigenvalue weighted by Crippen LogP contribution is -2.08. The molecule has 2 aromatic rings. The van der Waals surface area contributed by atoms with Gasteiger partial charge in [0.15, 0.2) is 5.17 Å². The Bertz CT molecular complexity index is 876. The molecule has 1 aliphatic heterocycles. The van der Waals surface area contributed by atoms with Crippen LogP contribution in [0.1, 0.15) is 15.9 Å². The summed E-state index contributed by atoms with van der Waals surface area (Å²) in [5, 5.41) is 0.565. The number of benzene rings is 2. The van der Waals surface area contributed by atoms with Crippen LogP contribution in [0.25, 0.3) is 6.08 Å². The highest BCUT2D eigenvalue weighted by atomic mass is 35.5. The van der Waals surface area contributed by atoms with Crippen LogP contribution in [-0.2, 0) is 4.79 Å². The maximum atomic E-state index is 12.1. The number of nitrogens with two attached hydrogens (primary N) is 1. The highest BCUT2D eigenvalue weighted by Crippen LogP contribution is 2.27. The third-order valence-corrected chi connectivity index (χ3v) is 4.26. The van der Waals surface area contributed by atoms with E-state index < -0.39 is 5.97 Å². The van der Waals surface area contributed by atoms with Crippen molar-refractivity contribution in [3.8, 4) is 5.75 Å². The van der Waals surface area contributed by atoms with E-state index in [1.54, 1.807) is 54.6 Å². The van der Waals surface area contributed by atoms with E-state index in [1.165, 1.54) is 0 Å². The Morgan fingerprint density at radius 2 is 1.88 bits per heavy atom. The second-order valence-corrected chi connectivity index (χ2v) is 6.27. The second kappa shape index (κ2) is 6.90. The summed E-state index contributed by atoms with van der Waals surface area (Å²) in [6.07, 6.45) is 1.68. The van der Waals surface area contributed by atoms with Crippen LogP contribution in [0.2, 0.25) is 5.02 Å². The molecule has 1 amide bonds. The van der Waals surface area contributed by atoms with Gasteiger partial charge in [0.05, 0.1) is 15.5 Å². The smallest absolute Gasteiger partial charge is 0.345 e. The largest absolute Gasteiger partial charge is 0.423 e. The maximum absolute atomic E-state index is 12.1. The third-order valence-electron chi connectivity index (χ3n) is 3.12. The van der Waals surface area contributed by atoms with Gasteiger partial charge in [0, 0.05) is 0 Å². The molecule has 0 radical (unpaired) electrons. The average molecular weight is 359 g/mol. The number of esters is 1. The van der Waals surface area contributed by atoms with E-state index in [-0.39, 0.29) is 11.1 Å². The van der Waals surface area contributed by atoms with Crippen molar-refractivity contribution in [1.82, 2.24) is 0 Å². The summed E-state index contributed by atoms with van der Waals surface area (Å²) >= 11 is 7.09. The van der Waals surface area contributed by atoms with Crippen molar-refractivity contribution in [3.05, 3.63) is 69.6 Å². The number of thioether (sulfide) groups is 1.